The molecule has 6 heteroatoms. The first-order chi connectivity index (χ1) is 12.6. The van der Waals surface area contributed by atoms with Gasteiger partial charge in [0.1, 0.15) is 0 Å². The van der Waals surface area contributed by atoms with Gasteiger partial charge in [0.25, 0.3) is 0 Å². The van der Waals surface area contributed by atoms with Crippen molar-refractivity contribution in [1.82, 2.24) is 19.7 Å². The third kappa shape index (κ3) is 3.01. The molecule has 0 radical (unpaired) electrons. The minimum atomic E-state index is -0.0967. The van der Waals surface area contributed by atoms with Crippen LogP contribution in [-0.2, 0) is 11.2 Å². The minimum Gasteiger partial charge on any atom is -0.324 e. The maximum absolute atomic E-state index is 12.5. The van der Waals surface area contributed by atoms with Crippen LogP contribution in [0.5, 0.6) is 0 Å². The number of anilines is 1. The van der Waals surface area contributed by atoms with E-state index in [2.05, 4.69) is 34.2 Å². The van der Waals surface area contributed by atoms with Gasteiger partial charge in [-0.15, -0.1) is 0 Å². The van der Waals surface area contributed by atoms with Gasteiger partial charge in [-0.05, 0) is 31.5 Å². The van der Waals surface area contributed by atoms with E-state index in [1.54, 1.807) is 18.6 Å². The molecule has 3 heterocycles. The third-order valence-corrected chi connectivity index (χ3v) is 4.27. The first-order valence-electron chi connectivity index (χ1n) is 8.57. The van der Waals surface area contributed by atoms with E-state index in [0.29, 0.717) is 5.69 Å². The molecule has 1 aromatic carbocycles. The summed E-state index contributed by atoms with van der Waals surface area (Å²) in [6.07, 6.45) is 5.44. The number of para-hydroxylation sites is 1. The number of amides is 1. The number of pyridine rings is 2. The second kappa shape index (κ2) is 6.55. The van der Waals surface area contributed by atoms with Crippen LogP contribution in [0.15, 0.2) is 55.0 Å². The van der Waals surface area contributed by atoms with Gasteiger partial charge in [0.05, 0.1) is 30.0 Å². The Balaban J connectivity index is 1.55. The molecule has 1 amide bonds. The van der Waals surface area contributed by atoms with E-state index in [1.807, 2.05) is 41.1 Å². The number of carbonyl (C=O) groups is 1. The Kier molecular flexibility index (Phi) is 4.08. The second-order valence-electron chi connectivity index (χ2n) is 6.54. The molecule has 130 valence electrons. The molecule has 6 nitrogen and oxygen atoms in total. The summed E-state index contributed by atoms with van der Waals surface area (Å²) in [5, 5.41) is 9.21. The van der Waals surface area contributed by atoms with Gasteiger partial charge in [-0.25, -0.2) is 9.67 Å². The minimum absolute atomic E-state index is 0.0967. The number of fused-ring (bicyclic) bond motifs is 2. The lowest BCUT2D eigenvalue weighted by Crippen LogP contribution is -2.15. The molecular weight excluding hydrogens is 326 g/mol. The summed E-state index contributed by atoms with van der Waals surface area (Å²) in [4.78, 5) is 21.3. The summed E-state index contributed by atoms with van der Waals surface area (Å²) in [5.41, 5.74) is 3.24. The number of aromatic nitrogens is 4. The zero-order chi connectivity index (χ0) is 18.1. The van der Waals surface area contributed by atoms with Crippen molar-refractivity contribution >= 4 is 33.5 Å². The predicted molar refractivity (Wildman–Crippen MR) is 102 cm³/mol. The van der Waals surface area contributed by atoms with Gasteiger partial charge in [-0.1, -0.05) is 24.3 Å². The number of benzene rings is 1. The summed E-state index contributed by atoms with van der Waals surface area (Å²) < 4.78 is 1.86. The van der Waals surface area contributed by atoms with E-state index in [9.17, 15) is 4.79 Å². The predicted octanol–water partition coefficient (Wildman–Crippen LogP) is 3.74. The zero-order valence-corrected chi connectivity index (χ0v) is 14.7. The Bertz CT molecular complexity index is 1090. The molecule has 3 aromatic heterocycles. The number of nitrogens with one attached hydrogen (secondary N) is 1. The first kappa shape index (κ1) is 16.2. The first-order valence-corrected chi connectivity index (χ1v) is 8.57. The molecule has 0 aliphatic rings. The highest BCUT2D eigenvalue weighted by Gasteiger charge is 2.11. The molecule has 0 aliphatic heterocycles. The van der Waals surface area contributed by atoms with Crippen molar-refractivity contribution in [2.24, 2.45) is 0 Å². The fourth-order valence-corrected chi connectivity index (χ4v) is 3.07. The lowest BCUT2D eigenvalue weighted by molar-refractivity contribution is -0.115. The van der Waals surface area contributed by atoms with Crippen molar-refractivity contribution in [1.29, 1.82) is 0 Å². The lowest BCUT2D eigenvalue weighted by Gasteiger charge is -2.08. The molecular formula is C20H19N5O. The molecule has 26 heavy (non-hydrogen) atoms. The van der Waals surface area contributed by atoms with E-state index in [0.717, 1.165) is 27.5 Å². The van der Waals surface area contributed by atoms with E-state index in [1.165, 1.54) is 0 Å². The second-order valence-corrected chi connectivity index (χ2v) is 6.54. The monoisotopic (exact) mass is 345 g/mol. The van der Waals surface area contributed by atoms with Crippen molar-refractivity contribution in [3.05, 3.63) is 60.6 Å². The molecule has 4 aromatic rings. The summed E-state index contributed by atoms with van der Waals surface area (Å²) >= 11 is 0. The van der Waals surface area contributed by atoms with Crippen molar-refractivity contribution in [2.45, 2.75) is 26.3 Å². The Labute approximate surface area is 150 Å². The Morgan fingerprint density at radius 3 is 2.81 bits per heavy atom. The van der Waals surface area contributed by atoms with Crippen LogP contribution in [-0.4, -0.2) is 25.7 Å². The smallest absolute Gasteiger partial charge is 0.228 e. The number of rotatable bonds is 4. The van der Waals surface area contributed by atoms with Gasteiger partial charge < -0.3 is 5.32 Å². The van der Waals surface area contributed by atoms with Crippen LogP contribution < -0.4 is 5.32 Å². The van der Waals surface area contributed by atoms with Gasteiger partial charge in [0.15, 0.2) is 5.65 Å². The van der Waals surface area contributed by atoms with Gasteiger partial charge in [0, 0.05) is 23.0 Å². The van der Waals surface area contributed by atoms with Crippen LogP contribution in [0, 0.1) is 0 Å². The SMILES string of the molecule is CC(C)n1ncc2cc(NC(=O)Cc3cccc4cccnc34)cnc21. The maximum Gasteiger partial charge on any atom is 0.228 e. The van der Waals surface area contributed by atoms with E-state index >= 15 is 0 Å². The van der Waals surface area contributed by atoms with Crippen molar-refractivity contribution in [3.63, 3.8) is 0 Å². The Morgan fingerprint density at radius 2 is 1.96 bits per heavy atom. The molecule has 0 atom stereocenters. The fourth-order valence-electron chi connectivity index (χ4n) is 3.07. The van der Waals surface area contributed by atoms with Crippen molar-refractivity contribution in [3.8, 4) is 0 Å². The van der Waals surface area contributed by atoms with Gasteiger partial charge >= 0.3 is 0 Å². The topological polar surface area (TPSA) is 72.7 Å². The molecule has 0 bridgehead atoms. The van der Waals surface area contributed by atoms with E-state index in [-0.39, 0.29) is 18.4 Å². The Morgan fingerprint density at radius 1 is 1.12 bits per heavy atom. The highest BCUT2D eigenvalue weighted by Crippen LogP contribution is 2.20. The standard InChI is InChI=1S/C20H19N5O/c1-13(2)25-20-16(11-23-25)9-17(12-22-20)24-18(26)10-15-6-3-5-14-7-4-8-21-19(14)15/h3-9,11-13H,10H2,1-2H3,(H,24,26). The summed E-state index contributed by atoms with van der Waals surface area (Å²) in [7, 11) is 0. The van der Waals surface area contributed by atoms with Crippen LogP contribution in [0.1, 0.15) is 25.5 Å². The summed E-state index contributed by atoms with van der Waals surface area (Å²) in [6, 6.07) is 11.9. The van der Waals surface area contributed by atoms with Crippen LogP contribution in [0.25, 0.3) is 21.9 Å². The fraction of sp³-hybridized carbons (Fsp3) is 0.200. The molecule has 0 saturated heterocycles. The summed E-state index contributed by atoms with van der Waals surface area (Å²) in [6.45, 7) is 4.12. The summed E-state index contributed by atoms with van der Waals surface area (Å²) in [5.74, 6) is -0.0967. The van der Waals surface area contributed by atoms with Gasteiger partial charge in [0.2, 0.25) is 5.91 Å². The maximum atomic E-state index is 12.5. The third-order valence-electron chi connectivity index (χ3n) is 4.27. The molecule has 0 fully saturated rings. The van der Waals surface area contributed by atoms with Gasteiger partial charge in [-0.3, -0.25) is 9.78 Å². The Hall–Kier alpha value is -3.28. The zero-order valence-electron chi connectivity index (χ0n) is 14.7. The van der Waals surface area contributed by atoms with Gasteiger partial charge in [-0.2, -0.15) is 5.10 Å². The largest absolute Gasteiger partial charge is 0.324 e. The quantitative estimate of drug-likeness (QED) is 0.611. The average Bonchev–Trinajstić information content (AvgIpc) is 3.05. The highest BCUT2D eigenvalue weighted by molar-refractivity contribution is 5.96. The number of hydrogen-bond acceptors (Lipinski definition) is 4. The molecule has 1 N–H and O–H groups in total. The number of hydrogen-bond donors (Lipinski definition) is 1. The van der Waals surface area contributed by atoms with Crippen molar-refractivity contribution in [2.75, 3.05) is 5.32 Å². The molecule has 4 rings (SSSR count). The van der Waals surface area contributed by atoms with Crippen LogP contribution >= 0.6 is 0 Å². The number of carbonyl (C=O) groups excluding carboxylic acids is 1. The van der Waals surface area contributed by atoms with E-state index < -0.39 is 0 Å². The molecule has 0 spiro atoms. The highest BCUT2D eigenvalue weighted by atomic mass is 16.1. The van der Waals surface area contributed by atoms with Crippen LogP contribution in [0.2, 0.25) is 0 Å². The van der Waals surface area contributed by atoms with Crippen LogP contribution in [0.3, 0.4) is 0 Å². The number of nitrogens with zero attached hydrogens (tertiary/aromatic N) is 4. The molecule has 0 aliphatic carbocycles. The van der Waals surface area contributed by atoms with Crippen LogP contribution in [0.4, 0.5) is 5.69 Å². The van der Waals surface area contributed by atoms with E-state index in [4.69, 9.17) is 0 Å². The van der Waals surface area contributed by atoms with Crippen molar-refractivity contribution < 1.29 is 4.79 Å². The average molecular weight is 345 g/mol. The molecule has 0 saturated carbocycles. The normalized spacial score (nSPS) is 11.3. The molecule has 0 unspecified atom stereocenters. The lowest BCUT2D eigenvalue weighted by atomic mass is 10.1.